The fraction of sp³-hybridized carbons (Fsp3) is 0.733. The van der Waals surface area contributed by atoms with Crippen LogP contribution in [0.3, 0.4) is 0 Å². The number of aromatic carboxylic acids is 1. The molecule has 1 saturated carbocycles. The minimum atomic E-state index is -1.11. The van der Waals surface area contributed by atoms with Crippen LogP contribution in [0.15, 0.2) is 24.3 Å². The molecule has 0 aromatic heterocycles. The summed E-state index contributed by atoms with van der Waals surface area (Å²) in [6, 6.07) is 6.11. The lowest BCUT2D eigenvalue weighted by Gasteiger charge is -2.21. The van der Waals surface area contributed by atoms with Crippen LogP contribution in [0.5, 0.6) is 0 Å². The number of unbranched alkanes of at least 4 members (excludes halogenated alkanes) is 10. The van der Waals surface area contributed by atoms with E-state index in [-0.39, 0.29) is 11.1 Å². The van der Waals surface area contributed by atoms with E-state index in [1.807, 2.05) is 0 Å². The van der Waals surface area contributed by atoms with Gasteiger partial charge in [-0.25, -0.2) is 9.59 Å². The van der Waals surface area contributed by atoms with Gasteiger partial charge >= 0.3 is 11.9 Å². The smallest absolute Gasteiger partial charge is 0.339 e. The first kappa shape index (κ1) is 30.2. The van der Waals surface area contributed by atoms with E-state index in [2.05, 4.69) is 13.8 Å². The number of hydrogen-bond acceptors (Lipinski definition) is 3. The fourth-order valence-corrected chi connectivity index (χ4v) is 4.66. The maximum atomic E-state index is 11.8. The van der Waals surface area contributed by atoms with E-state index in [1.54, 1.807) is 12.1 Å². The molecule has 0 amide bonds. The van der Waals surface area contributed by atoms with Crippen LogP contribution < -0.4 is 0 Å². The molecular formula is C30H50O4. The fourth-order valence-electron chi connectivity index (χ4n) is 4.66. The molecule has 0 atom stereocenters. The molecule has 0 radical (unpaired) electrons. The quantitative estimate of drug-likeness (QED) is 0.191. The first-order valence-electron chi connectivity index (χ1n) is 14.1. The highest BCUT2D eigenvalue weighted by atomic mass is 16.5. The Bertz CT molecular complexity index is 649. The molecule has 4 heteroatoms. The van der Waals surface area contributed by atoms with Crippen LogP contribution in [-0.2, 0) is 4.74 Å². The number of esters is 1. The number of benzene rings is 1. The van der Waals surface area contributed by atoms with Crippen LogP contribution in [0.4, 0.5) is 0 Å². The monoisotopic (exact) mass is 474 g/mol. The van der Waals surface area contributed by atoms with Gasteiger partial charge in [-0.3, -0.25) is 0 Å². The lowest BCUT2D eigenvalue weighted by Crippen LogP contribution is -2.12. The van der Waals surface area contributed by atoms with Crippen LogP contribution in [0.25, 0.3) is 0 Å². The van der Waals surface area contributed by atoms with Gasteiger partial charge in [-0.1, -0.05) is 135 Å². The third-order valence-electron chi connectivity index (χ3n) is 6.80. The van der Waals surface area contributed by atoms with Crippen molar-refractivity contribution in [2.45, 2.75) is 129 Å². The Morgan fingerprint density at radius 2 is 1.29 bits per heavy atom. The molecule has 0 spiro atoms. The highest BCUT2D eigenvalue weighted by Gasteiger charge is 2.16. The second kappa shape index (κ2) is 20.5. The topological polar surface area (TPSA) is 63.6 Å². The van der Waals surface area contributed by atoms with Gasteiger partial charge in [-0.05, 0) is 24.5 Å². The summed E-state index contributed by atoms with van der Waals surface area (Å²) >= 11 is 0. The van der Waals surface area contributed by atoms with E-state index in [0.29, 0.717) is 6.61 Å². The summed E-state index contributed by atoms with van der Waals surface area (Å²) in [4.78, 5) is 22.8. The standard InChI is InChI=1S/C16H22O4.C14H28/c1-2-3-4-5-6-9-12-20-16(19)14-11-8-7-10-13(14)15(17)18;1-2-3-4-5-6-8-11-14-12-9-7-10-13-14/h7-8,10-11H,2-6,9,12H2,1H3,(H,17,18);14H,2-13H2,1H3. The molecule has 194 valence electrons. The Kier molecular flexibility index (Phi) is 18.2. The van der Waals surface area contributed by atoms with Crippen molar-refractivity contribution in [2.24, 2.45) is 5.92 Å². The van der Waals surface area contributed by atoms with Gasteiger partial charge < -0.3 is 9.84 Å². The predicted octanol–water partition coefficient (Wildman–Crippen LogP) is 9.22. The van der Waals surface area contributed by atoms with Crippen molar-refractivity contribution in [2.75, 3.05) is 6.61 Å². The maximum absolute atomic E-state index is 11.8. The van der Waals surface area contributed by atoms with Gasteiger partial charge in [0, 0.05) is 0 Å². The molecule has 0 heterocycles. The zero-order valence-electron chi connectivity index (χ0n) is 22.0. The van der Waals surface area contributed by atoms with Gasteiger partial charge in [0.15, 0.2) is 0 Å². The summed E-state index contributed by atoms with van der Waals surface area (Å²) in [5.41, 5.74) is 0.103. The van der Waals surface area contributed by atoms with Crippen LogP contribution >= 0.6 is 0 Å². The highest BCUT2D eigenvalue weighted by Crippen LogP contribution is 2.28. The molecule has 1 aliphatic rings. The van der Waals surface area contributed by atoms with Crippen molar-refractivity contribution in [1.82, 2.24) is 0 Å². The lowest BCUT2D eigenvalue weighted by molar-refractivity contribution is 0.0487. The summed E-state index contributed by atoms with van der Waals surface area (Å²) in [5, 5.41) is 9.00. The van der Waals surface area contributed by atoms with Crippen LogP contribution in [-0.4, -0.2) is 23.7 Å². The molecule has 2 rings (SSSR count). The largest absolute Gasteiger partial charge is 0.478 e. The van der Waals surface area contributed by atoms with Gasteiger partial charge in [0.1, 0.15) is 0 Å². The summed E-state index contributed by atoms with van der Waals surface area (Å²) in [6.07, 6.45) is 24.6. The first-order valence-corrected chi connectivity index (χ1v) is 14.1. The number of rotatable bonds is 16. The number of carbonyl (C=O) groups is 2. The zero-order chi connectivity index (χ0) is 24.9. The van der Waals surface area contributed by atoms with Gasteiger partial charge in [-0.15, -0.1) is 0 Å². The zero-order valence-corrected chi connectivity index (χ0v) is 22.0. The Balaban J connectivity index is 0.000000362. The molecule has 1 aliphatic carbocycles. The van der Waals surface area contributed by atoms with Gasteiger partial charge in [0.05, 0.1) is 17.7 Å². The Morgan fingerprint density at radius 3 is 1.88 bits per heavy atom. The molecule has 0 unspecified atom stereocenters. The summed E-state index contributed by atoms with van der Waals surface area (Å²) in [6.45, 7) is 4.81. The van der Waals surface area contributed by atoms with E-state index in [0.717, 1.165) is 25.2 Å². The van der Waals surface area contributed by atoms with Crippen LogP contribution in [0.1, 0.15) is 150 Å². The average Bonchev–Trinajstić information content (AvgIpc) is 2.86. The normalized spacial score (nSPS) is 13.7. The predicted molar refractivity (Wildman–Crippen MR) is 142 cm³/mol. The summed E-state index contributed by atoms with van der Waals surface area (Å²) < 4.78 is 5.12. The van der Waals surface area contributed by atoms with E-state index < -0.39 is 11.9 Å². The van der Waals surface area contributed by atoms with Crippen LogP contribution in [0, 0.1) is 5.92 Å². The molecule has 1 fully saturated rings. The Morgan fingerprint density at radius 1 is 0.765 bits per heavy atom. The van der Waals surface area contributed by atoms with Crippen molar-refractivity contribution in [3.05, 3.63) is 35.4 Å². The number of hydrogen-bond donors (Lipinski definition) is 1. The second-order valence-electron chi connectivity index (χ2n) is 9.81. The molecule has 0 saturated heterocycles. The second-order valence-corrected chi connectivity index (χ2v) is 9.81. The van der Waals surface area contributed by atoms with Crippen molar-refractivity contribution < 1.29 is 19.4 Å². The number of carbonyl (C=O) groups excluding carboxylic acids is 1. The van der Waals surface area contributed by atoms with E-state index >= 15 is 0 Å². The number of ether oxygens (including phenoxy) is 1. The Labute approximate surface area is 208 Å². The van der Waals surface area contributed by atoms with Crippen molar-refractivity contribution in [3.63, 3.8) is 0 Å². The lowest BCUT2D eigenvalue weighted by atomic mass is 9.85. The van der Waals surface area contributed by atoms with Crippen LogP contribution in [0.2, 0.25) is 0 Å². The Hall–Kier alpha value is -1.84. The molecule has 34 heavy (non-hydrogen) atoms. The molecular weight excluding hydrogens is 424 g/mol. The third kappa shape index (κ3) is 14.4. The first-order chi connectivity index (χ1) is 16.6. The molecule has 1 N–H and O–H groups in total. The highest BCUT2D eigenvalue weighted by molar-refractivity contribution is 6.02. The molecule has 0 bridgehead atoms. The molecule has 0 aliphatic heterocycles. The van der Waals surface area contributed by atoms with Gasteiger partial charge in [-0.2, -0.15) is 0 Å². The molecule has 1 aromatic rings. The van der Waals surface area contributed by atoms with E-state index in [4.69, 9.17) is 9.84 Å². The number of carboxylic acids is 1. The van der Waals surface area contributed by atoms with Crippen molar-refractivity contribution in [1.29, 1.82) is 0 Å². The number of carboxylic acid groups (broad SMARTS) is 1. The van der Waals surface area contributed by atoms with E-state index in [1.165, 1.54) is 108 Å². The summed E-state index contributed by atoms with van der Waals surface area (Å²) in [7, 11) is 0. The minimum Gasteiger partial charge on any atom is -0.478 e. The SMILES string of the molecule is CCCCCCCCC1CCCCC1.CCCCCCCCOC(=O)c1ccccc1C(=O)O. The van der Waals surface area contributed by atoms with E-state index in [9.17, 15) is 9.59 Å². The summed E-state index contributed by atoms with van der Waals surface area (Å²) in [5.74, 6) is -0.566. The van der Waals surface area contributed by atoms with Gasteiger partial charge in [0.2, 0.25) is 0 Å². The van der Waals surface area contributed by atoms with Crippen molar-refractivity contribution in [3.8, 4) is 0 Å². The molecule has 4 nitrogen and oxygen atoms in total. The maximum Gasteiger partial charge on any atom is 0.339 e. The molecule has 1 aromatic carbocycles. The third-order valence-corrected chi connectivity index (χ3v) is 6.80. The van der Waals surface area contributed by atoms with Gasteiger partial charge in [0.25, 0.3) is 0 Å². The van der Waals surface area contributed by atoms with Crippen molar-refractivity contribution >= 4 is 11.9 Å². The minimum absolute atomic E-state index is 0.0135. The average molecular weight is 475 g/mol.